The minimum Gasteiger partial charge on any atom is -0.532 e. The van der Waals surface area contributed by atoms with Gasteiger partial charge in [0, 0.05) is 31.9 Å². The molecule has 153 valence electrons. The molecule has 0 aliphatic carbocycles. The second kappa shape index (κ2) is 9.21. The number of ketones is 1. The van der Waals surface area contributed by atoms with Crippen LogP contribution >= 0.6 is 0 Å². The van der Waals surface area contributed by atoms with E-state index in [0.29, 0.717) is 6.61 Å². The van der Waals surface area contributed by atoms with Crippen LogP contribution in [0.25, 0.3) is 32.9 Å². The van der Waals surface area contributed by atoms with Gasteiger partial charge in [-0.3, -0.25) is 9.78 Å². The summed E-state index contributed by atoms with van der Waals surface area (Å²) in [6.07, 6.45) is 1.17. The van der Waals surface area contributed by atoms with Crippen molar-refractivity contribution < 1.29 is 34.7 Å². The molecular formula is C25H20IrNO3-. The predicted octanol–water partition coefficient (Wildman–Crippen LogP) is 5.78. The molecular weight excluding hydrogens is 554 g/mol. The molecule has 30 heavy (non-hydrogen) atoms. The number of aliphatic hydroxyl groups excluding tert-OH is 1. The van der Waals surface area contributed by atoms with Crippen LogP contribution in [-0.4, -0.2) is 15.9 Å². The molecule has 0 saturated heterocycles. The zero-order valence-corrected chi connectivity index (χ0v) is 19.0. The van der Waals surface area contributed by atoms with Crippen LogP contribution < -0.4 is 4.74 Å². The zero-order valence-electron chi connectivity index (χ0n) is 16.6. The molecule has 0 unspecified atom stereocenters. The Morgan fingerprint density at radius 1 is 1.10 bits per heavy atom. The standard InChI is InChI=1S/C20H12NO.C5H8O2.Ir/c1-3-7-16-13(5-1)9-10-17-19-15(12-22-20(16)17)11-14-6-2-4-8-18(14)21-19;1-4(6)3-5(2)7;/h1-9,11H,12H2;3,6H,1-2H3;/q-1;;/b;4-3-;. The largest absolute Gasteiger partial charge is 0.532 e. The summed E-state index contributed by atoms with van der Waals surface area (Å²) in [5.41, 5.74) is 4.09. The molecule has 0 saturated carbocycles. The first-order valence-electron chi connectivity index (χ1n) is 9.36. The van der Waals surface area contributed by atoms with Crippen molar-refractivity contribution in [3.63, 3.8) is 0 Å². The third kappa shape index (κ3) is 4.43. The van der Waals surface area contributed by atoms with E-state index in [1.807, 2.05) is 36.4 Å². The van der Waals surface area contributed by atoms with E-state index < -0.39 is 0 Å². The molecule has 2 heterocycles. The van der Waals surface area contributed by atoms with E-state index in [0.717, 1.165) is 44.2 Å². The van der Waals surface area contributed by atoms with Gasteiger partial charge in [-0.15, -0.1) is 12.1 Å². The normalized spacial score (nSPS) is 12.0. The minimum atomic E-state index is -0.125. The van der Waals surface area contributed by atoms with E-state index in [9.17, 15) is 4.79 Å². The number of allylic oxidation sites excluding steroid dienone is 2. The first kappa shape index (κ1) is 21.7. The Morgan fingerprint density at radius 3 is 2.50 bits per heavy atom. The number of aromatic nitrogens is 1. The van der Waals surface area contributed by atoms with Crippen LogP contribution in [0.2, 0.25) is 0 Å². The fourth-order valence-electron chi connectivity index (χ4n) is 3.44. The van der Waals surface area contributed by atoms with E-state index in [2.05, 4.69) is 30.3 Å². The molecule has 1 aromatic heterocycles. The molecule has 5 rings (SSSR count). The summed E-state index contributed by atoms with van der Waals surface area (Å²) < 4.78 is 6.04. The summed E-state index contributed by atoms with van der Waals surface area (Å²) in [5.74, 6) is 0.834. The minimum absolute atomic E-state index is 0. The SMILES string of the molecule is CC(=O)/C=C(/C)O.[Ir].[c-]1cc2ccccc2c2c1-c1nc3ccccc3cc1CO2. The van der Waals surface area contributed by atoms with Crippen LogP contribution in [0.1, 0.15) is 19.4 Å². The number of carbonyl (C=O) groups is 1. The topological polar surface area (TPSA) is 59.4 Å². The van der Waals surface area contributed by atoms with Crippen LogP contribution in [0.4, 0.5) is 0 Å². The number of aliphatic hydroxyl groups is 1. The quantitative estimate of drug-likeness (QED) is 0.178. The van der Waals surface area contributed by atoms with Crippen molar-refractivity contribution in [1.29, 1.82) is 0 Å². The van der Waals surface area contributed by atoms with E-state index in [-0.39, 0.29) is 31.6 Å². The van der Waals surface area contributed by atoms with E-state index in [1.165, 1.54) is 19.9 Å². The van der Waals surface area contributed by atoms with Gasteiger partial charge in [0.15, 0.2) is 5.78 Å². The van der Waals surface area contributed by atoms with Crippen molar-refractivity contribution in [2.75, 3.05) is 0 Å². The average molecular weight is 575 g/mol. The fourth-order valence-corrected chi connectivity index (χ4v) is 3.44. The van der Waals surface area contributed by atoms with Crippen LogP contribution in [0.15, 0.2) is 72.5 Å². The number of rotatable bonds is 1. The van der Waals surface area contributed by atoms with Gasteiger partial charge in [-0.2, -0.15) is 0 Å². The first-order chi connectivity index (χ1) is 14.0. The molecule has 5 heteroatoms. The first-order valence-corrected chi connectivity index (χ1v) is 9.36. The Hall–Kier alpha value is -3.01. The van der Waals surface area contributed by atoms with Gasteiger partial charge < -0.3 is 9.84 Å². The molecule has 0 fully saturated rings. The summed E-state index contributed by atoms with van der Waals surface area (Å²) in [6, 6.07) is 24.0. The fraction of sp³-hybridized carbons (Fsp3) is 0.120. The van der Waals surface area contributed by atoms with Gasteiger partial charge in [-0.1, -0.05) is 64.9 Å². The molecule has 0 atom stereocenters. The second-order valence-corrected chi connectivity index (χ2v) is 6.95. The number of benzene rings is 3. The van der Waals surface area contributed by atoms with Crippen LogP contribution in [0.3, 0.4) is 0 Å². The van der Waals surface area contributed by atoms with E-state index >= 15 is 0 Å². The number of fused-ring (bicyclic) bond motifs is 6. The van der Waals surface area contributed by atoms with Gasteiger partial charge in [0.05, 0.1) is 17.9 Å². The van der Waals surface area contributed by atoms with Crippen molar-refractivity contribution in [3.8, 4) is 17.0 Å². The van der Waals surface area contributed by atoms with Crippen molar-refractivity contribution in [3.05, 3.63) is 84.1 Å². The molecule has 4 nitrogen and oxygen atoms in total. The smallest absolute Gasteiger partial charge is 0.155 e. The molecule has 0 spiro atoms. The Morgan fingerprint density at radius 2 is 1.80 bits per heavy atom. The van der Waals surface area contributed by atoms with Gasteiger partial charge in [0.2, 0.25) is 0 Å². The van der Waals surface area contributed by atoms with Crippen molar-refractivity contribution in [2.45, 2.75) is 20.5 Å². The maximum Gasteiger partial charge on any atom is 0.155 e. The molecule has 0 amide bonds. The maximum atomic E-state index is 10.0. The molecule has 1 radical (unpaired) electrons. The van der Waals surface area contributed by atoms with Crippen LogP contribution in [0.5, 0.6) is 5.75 Å². The molecule has 1 N–H and O–H groups in total. The molecule has 3 aromatic carbocycles. The molecule has 4 aromatic rings. The summed E-state index contributed by atoms with van der Waals surface area (Å²) >= 11 is 0. The number of ether oxygens (including phenoxy) is 1. The van der Waals surface area contributed by atoms with Crippen LogP contribution in [-0.2, 0) is 31.5 Å². The molecule has 1 aliphatic heterocycles. The van der Waals surface area contributed by atoms with Gasteiger partial charge in [0.1, 0.15) is 0 Å². The summed E-state index contributed by atoms with van der Waals surface area (Å²) in [4.78, 5) is 14.9. The number of hydrogen-bond acceptors (Lipinski definition) is 4. The van der Waals surface area contributed by atoms with Gasteiger partial charge in [-0.05, 0) is 36.6 Å². The third-order valence-corrected chi connectivity index (χ3v) is 4.63. The van der Waals surface area contributed by atoms with Crippen molar-refractivity contribution >= 4 is 27.5 Å². The number of para-hydroxylation sites is 1. The van der Waals surface area contributed by atoms with Gasteiger partial charge in [0.25, 0.3) is 0 Å². The Bertz CT molecular complexity index is 1250. The van der Waals surface area contributed by atoms with E-state index in [1.54, 1.807) is 0 Å². The Balaban J connectivity index is 0.000000281. The summed E-state index contributed by atoms with van der Waals surface area (Å²) in [7, 11) is 0. The molecule has 1 aliphatic rings. The Kier molecular flexibility index (Phi) is 6.66. The van der Waals surface area contributed by atoms with Crippen molar-refractivity contribution in [2.24, 2.45) is 0 Å². The van der Waals surface area contributed by atoms with Crippen molar-refractivity contribution in [1.82, 2.24) is 4.98 Å². The summed E-state index contributed by atoms with van der Waals surface area (Å²) in [6.45, 7) is 3.41. The number of pyridine rings is 1. The monoisotopic (exact) mass is 575 g/mol. The van der Waals surface area contributed by atoms with Crippen LogP contribution in [0, 0.1) is 6.07 Å². The van der Waals surface area contributed by atoms with Gasteiger partial charge in [-0.25, -0.2) is 0 Å². The third-order valence-electron chi connectivity index (χ3n) is 4.63. The maximum absolute atomic E-state index is 10.0. The zero-order chi connectivity index (χ0) is 20.4. The number of nitrogens with zero attached hydrogens (tertiary/aromatic N) is 1. The molecule has 0 bridgehead atoms. The second-order valence-electron chi connectivity index (χ2n) is 6.95. The predicted molar refractivity (Wildman–Crippen MR) is 115 cm³/mol. The Labute approximate surface area is 188 Å². The number of hydrogen-bond donors (Lipinski definition) is 1. The van der Waals surface area contributed by atoms with E-state index in [4.69, 9.17) is 14.8 Å². The number of carbonyl (C=O) groups excluding carboxylic acids is 1. The van der Waals surface area contributed by atoms with Gasteiger partial charge >= 0.3 is 0 Å². The average Bonchev–Trinajstić information content (AvgIpc) is 2.71. The summed E-state index contributed by atoms with van der Waals surface area (Å²) in [5, 5.41) is 11.8.